The van der Waals surface area contributed by atoms with Crippen molar-refractivity contribution in [2.75, 3.05) is 20.8 Å². The molecule has 0 aliphatic rings. The lowest BCUT2D eigenvalue weighted by Gasteiger charge is -2.19. The van der Waals surface area contributed by atoms with Gasteiger partial charge >= 0.3 is 5.97 Å². The number of carbonyl (C=O) groups excluding carboxylic acids is 2. The van der Waals surface area contributed by atoms with Gasteiger partial charge in [0, 0.05) is 5.56 Å². The van der Waals surface area contributed by atoms with Crippen LogP contribution < -0.4 is 14.8 Å². The van der Waals surface area contributed by atoms with E-state index >= 15 is 0 Å². The van der Waals surface area contributed by atoms with Crippen LogP contribution in [0.15, 0.2) is 48.5 Å². The Hall–Kier alpha value is -3.02. The van der Waals surface area contributed by atoms with Gasteiger partial charge in [0.25, 0.3) is 5.91 Å². The Kier molecular flexibility index (Phi) is 8.34. The lowest BCUT2D eigenvalue weighted by molar-refractivity contribution is -0.141. The van der Waals surface area contributed by atoms with Gasteiger partial charge < -0.3 is 19.5 Å². The van der Waals surface area contributed by atoms with E-state index in [-0.39, 0.29) is 12.3 Å². The molecule has 6 heteroatoms. The molecule has 0 saturated carbocycles. The van der Waals surface area contributed by atoms with Crippen LogP contribution in [0, 0.1) is 0 Å². The van der Waals surface area contributed by atoms with Gasteiger partial charge in [0.1, 0.15) is 0 Å². The molecule has 28 heavy (non-hydrogen) atoms. The van der Waals surface area contributed by atoms with E-state index in [0.717, 1.165) is 18.4 Å². The fourth-order valence-electron chi connectivity index (χ4n) is 2.68. The second kappa shape index (κ2) is 11.0. The van der Waals surface area contributed by atoms with Crippen LogP contribution in [0.4, 0.5) is 0 Å². The van der Waals surface area contributed by atoms with E-state index in [2.05, 4.69) is 12.2 Å². The molecule has 150 valence electrons. The monoisotopic (exact) mass is 385 g/mol. The Bertz CT molecular complexity index is 776. The molecule has 0 aromatic heterocycles. The Morgan fingerprint density at radius 3 is 2.43 bits per heavy atom. The Morgan fingerprint density at radius 2 is 1.79 bits per heavy atom. The predicted molar refractivity (Wildman–Crippen MR) is 107 cm³/mol. The average molecular weight is 385 g/mol. The minimum atomic E-state index is -0.493. The van der Waals surface area contributed by atoms with Gasteiger partial charge in [-0.1, -0.05) is 43.7 Å². The van der Waals surface area contributed by atoms with Gasteiger partial charge in [-0.25, -0.2) is 0 Å². The first-order valence-corrected chi connectivity index (χ1v) is 9.32. The third-order valence-corrected chi connectivity index (χ3v) is 4.29. The Balaban J connectivity index is 2.17. The lowest BCUT2D eigenvalue weighted by atomic mass is 10.0. The van der Waals surface area contributed by atoms with Gasteiger partial charge in [0.05, 0.1) is 33.3 Å². The Morgan fingerprint density at radius 1 is 1.04 bits per heavy atom. The molecule has 6 nitrogen and oxygen atoms in total. The lowest BCUT2D eigenvalue weighted by Crippen LogP contribution is -2.30. The molecule has 0 saturated heterocycles. The number of hydrogen-bond acceptors (Lipinski definition) is 5. The first kappa shape index (κ1) is 21.3. The number of ether oxygens (including phenoxy) is 3. The summed E-state index contributed by atoms with van der Waals surface area (Å²) in [4.78, 5) is 24.6. The molecule has 0 heterocycles. The van der Waals surface area contributed by atoms with Crippen LogP contribution in [0.3, 0.4) is 0 Å². The third kappa shape index (κ3) is 6.01. The van der Waals surface area contributed by atoms with Crippen LogP contribution in [0.1, 0.15) is 48.1 Å². The molecule has 1 amide bonds. The van der Waals surface area contributed by atoms with Crippen LogP contribution in [-0.2, 0) is 9.53 Å². The molecule has 0 spiro atoms. The third-order valence-electron chi connectivity index (χ3n) is 4.29. The second-order valence-corrected chi connectivity index (χ2v) is 6.28. The maximum atomic E-state index is 12.8. The van der Waals surface area contributed by atoms with Gasteiger partial charge in [-0.05, 0) is 30.2 Å². The summed E-state index contributed by atoms with van der Waals surface area (Å²) in [6.07, 6.45) is 2.02. The molecule has 1 atom stereocenters. The molecular formula is C22H27NO5. The number of rotatable bonds is 10. The highest BCUT2D eigenvalue weighted by atomic mass is 16.5. The minimum Gasteiger partial charge on any atom is -0.493 e. The van der Waals surface area contributed by atoms with E-state index in [0.29, 0.717) is 23.7 Å². The van der Waals surface area contributed by atoms with Crippen molar-refractivity contribution in [3.05, 3.63) is 59.7 Å². The van der Waals surface area contributed by atoms with Crippen molar-refractivity contribution >= 4 is 11.9 Å². The van der Waals surface area contributed by atoms with Gasteiger partial charge in [0.2, 0.25) is 0 Å². The summed E-state index contributed by atoms with van der Waals surface area (Å²) in [6.45, 7) is 2.68. The number of amides is 1. The SMILES string of the molecule is CCCCOc1ccc(C(=O)NC(CC(=O)OC)c2ccccc2)cc1OC. The topological polar surface area (TPSA) is 73.9 Å². The predicted octanol–water partition coefficient (Wildman–Crippen LogP) is 3.91. The average Bonchev–Trinajstić information content (AvgIpc) is 2.73. The van der Waals surface area contributed by atoms with E-state index in [1.165, 1.54) is 14.2 Å². The molecule has 0 radical (unpaired) electrons. The largest absolute Gasteiger partial charge is 0.493 e. The first-order chi connectivity index (χ1) is 13.6. The van der Waals surface area contributed by atoms with Crippen molar-refractivity contribution < 1.29 is 23.8 Å². The van der Waals surface area contributed by atoms with Crippen molar-refractivity contribution in [3.63, 3.8) is 0 Å². The van der Waals surface area contributed by atoms with E-state index in [1.807, 2.05) is 30.3 Å². The number of esters is 1. The molecule has 1 unspecified atom stereocenters. The molecule has 0 aliphatic heterocycles. The van der Waals surface area contributed by atoms with Gasteiger partial charge in [0.15, 0.2) is 11.5 Å². The Labute approximate surface area is 165 Å². The van der Waals surface area contributed by atoms with Crippen molar-refractivity contribution in [1.82, 2.24) is 5.32 Å². The van der Waals surface area contributed by atoms with Crippen LogP contribution in [0.2, 0.25) is 0 Å². The maximum absolute atomic E-state index is 12.8. The fraction of sp³-hybridized carbons (Fsp3) is 0.364. The highest BCUT2D eigenvalue weighted by Crippen LogP contribution is 2.29. The number of benzene rings is 2. The molecule has 0 fully saturated rings. The molecular weight excluding hydrogens is 358 g/mol. The number of carbonyl (C=O) groups is 2. The van der Waals surface area contributed by atoms with E-state index in [4.69, 9.17) is 14.2 Å². The second-order valence-electron chi connectivity index (χ2n) is 6.28. The first-order valence-electron chi connectivity index (χ1n) is 9.32. The van der Waals surface area contributed by atoms with Gasteiger partial charge in [-0.15, -0.1) is 0 Å². The summed E-state index contributed by atoms with van der Waals surface area (Å²) >= 11 is 0. The van der Waals surface area contributed by atoms with E-state index < -0.39 is 12.0 Å². The maximum Gasteiger partial charge on any atom is 0.307 e. The standard InChI is InChI=1S/C22H27NO5/c1-4-5-13-28-19-12-11-17(14-20(19)26-2)22(25)23-18(15-21(24)27-3)16-9-7-6-8-10-16/h6-12,14,18H,4-5,13,15H2,1-3H3,(H,23,25). The molecule has 0 bridgehead atoms. The zero-order valence-corrected chi connectivity index (χ0v) is 16.6. The van der Waals surface area contributed by atoms with Crippen molar-refractivity contribution in [2.24, 2.45) is 0 Å². The zero-order chi connectivity index (χ0) is 20.4. The summed E-state index contributed by atoms with van der Waals surface area (Å²) in [6, 6.07) is 13.9. The van der Waals surface area contributed by atoms with Crippen LogP contribution in [-0.4, -0.2) is 32.7 Å². The number of nitrogens with one attached hydrogen (secondary N) is 1. The molecule has 2 aromatic rings. The van der Waals surface area contributed by atoms with Gasteiger partial charge in [-0.2, -0.15) is 0 Å². The number of methoxy groups -OCH3 is 2. The quantitative estimate of drug-likeness (QED) is 0.496. The molecule has 2 aromatic carbocycles. The smallest absolute Gasteiger partial charge is 0.307 e. The summed E-state index contributed by atoms with van der Waals surface area (Å²) in [5, 5.41) is 2.90. The summed E-state index contributed by atoms with van der Waals surface area (Å²) in [7, 11) is 2.86. The number of unbranched alkanes of at least 4 members (excludes halogenated alkanes) is 1. The fourth-order valence-corrected chi connectivity index (χ4v) is 2.68. The minimum absolute atomic E-state index is 0.0433. The van der Waals surface area contributed by atoms with Crippen molar-refractivity contribution in [1.29, 1.82) is 0 Å². The summed E-state index contributed by atoms with van der Waals surface area (Å²) in [5.41, 5.74) is 1.25. The van der Waals surface area contributed by atoms with Crippen molar-refractivity contribution in [2.45, 2.75) is 32.2 Å². The molecule has 1 N–H and O–H groups in total. The van der Waals surface area contributed by atoms with Crippen molar-refractivity contribution in [3.8, 4) is 11.5 Å². The van der Waals surface area contributed by atoms with Crippen LogP contribution in [0.25, 0.3) is 0 Å². The summed E-state index contributed by atoms with van der Waals surface area (Å²) < 4.78 is 15.8. The number of hydrogen-bond donors (Lipinski definition) is 1. The highest BCUT2D eigenvalue weighted by molar-refractivity contribution is 5.95. The zero-order valence-electron chi connectivity index (χ0n) is 16.6. The molecule has 2 rings (SSSR count). The van der Waals surface area contributed by atoms with Crippen LogP contribution in [0.5, 0.6) is 11.5 Å². The van der Waals surface area contributed by atoms with Gasteiger partial charge in [-0.3, -0.25) is 9.59 Å². The molecule has 0 aliphatic carbocycles. The normalized spacial score (nSPS) is 11.4. The van der Waals surface area contributed by atoms with E-state index in [1.54, 1.807) is 18.2 Å². The summed E-state index contributed by atoms with van der Waals surface area (Å²) in [5.74, 6) is 0.386. The highest BCUT2D eigenvalue weighted by Gasteiger charge is 2.20. The van der Waals surface area contributed by atoms with Crippen LogP contribution >= 0.6 is 0 Å². The van der Waals surface area contributed by atoms with E-state index in [9.17, 15) is 9.59 Å².